The van der Waals surface area contributed by atoms with Gasteiger partial charge in [0.15, 0.2) is 0 Å². The number of imidazole rings is 1. The van der Waals surface area contributed by atoms with E-state index in [4.69, 9.17) is 0 Å². The highest BCUT2D eigenvalue weighted by Gasteiger charge is 2.24. The zero-order valence-electron chi connectivity index (χ0n) is 12.9. The molecule has 0 spiro atoms. The largest absolute Gasteiger partial charge is 0.303 e. The Morgan fingerprint density at radius 1 is 1.36 bits per heavy atom. The summed E-state index contributed by atoms with van der Waals surface area (Å²) < 4.78 is 2.23. The first-order valence-electron chi connectivity index (χ1n) is 8.04. The smallest absolute Gasteiger partial charge is 0.117 e. The normalized spacial score (nSPS) is 19.8. The molecule has 2 aromatic heterocycles. The Labute approximate surface area is 130 Å². The third-order valence-electron chi connectivity index (χ3n) is 4.69. The fourth-order valence-corrected chi connectivity index (χ4v) is 3.46. The molecule has 1 unspecified atom stereocenters. The summed E-state index contributed by atoms with van der Waals surface area (Å²) in [6.45, 7) is 5.69. The molecule has 1 aliphatic heterocycles. The zero-order chi connectivity index (χ0) is 14.9. The Hall–Kier alpha value is -2.14. The van der Waals surface area contributed by atoms with E-state index >= 15 is 0 Å². The molecule has 114 valence electrons. The van der Waals surface area contributed by atoms with Gasteiger partial charge < -0.3 is 9.47 Å². The first-order valence-corrected chi connectivity index (χ1v) is 8.04. The van der Waals surface area contributed by atoms with E-state index < -0.39 is 0 Å². The van der Waals surface area contributed by atoms with Crippen LogP contribution in [0.5, 0.6) is 0 Å². The van der Waals surface area contributed by atoms with Crippen LogP contribution in [0.3, 0.4) is 0 Å². The van der Waals surface area contributed by atoms with Crippen LogP contribution in [0.1, 0.15) is 31.5 Å². The summed E-state index contributed by atoms with van der Waals surface area (Å²) in [5, 5.41) is 8.28. The molecule has 1 aliphatic rings. The molecule has 4 rings (SSSR count). The molecule has 0 aliphatic carbocycles. The van der Waals surface area contributed by atoms with E-state index in [1.54, 1.807) is 0 Å². The predicted octanol–water partition coefficient (Wildman–Crippen LogP) is 2.95. The standard InChI is InChI=1S/C17H21N5/c1-2-21-8-3-4-14(12-21)17-18-7-9-22(17)15-6-5-13-11-19-20-16(13)10-15/h5-7,9-11,14H,2-4,8,12H2,1H3,(H,19,20). The van der Waals surface area contributed by atoms with Crippen LogP contribution in [0.2, 0.25) is 0 Å². The summed E-state index contributed by atoms with van der Waals surface area (Å²) in [6, 6.07) is 6.40. The van der Waals surface area contributed by atoms with E-state index in [0.29, 0.717) is 5.92 Å². The number of hydrogen-bond donors (Lipinski definition) is 1. The molecule has 1 fully saturated rings. The molecule has 3 aromatic rings. The first kappa shape index (κ1) is 13.5. The highest BCUT2D eigenvalue weighted by molar-refractivity contribution is 5.80. The van der Waals surface area contributed by atoms with Crippen LogP contribution in [0.25, 0.3) is 16.6 Å². The monoisotopic (exact) mass is 295 g/mol. The number of aromatic nitrogens is 4. The zero-order valence-corrected chi connectivity index (χ0v) is 12.9. The van der Waals surface area contributed by atoms with E-state index in [1.165, 1.54) is 25.2 Å². The highest BCUT2D eigenvalue weighted by atomic mass is 15.1. The van der Waals surface area contributed by atoms with Gasteiger partial charge in [0.1, 0.15) is 5.82 Å². The molecule has 5 heteroatoms. The average Bonchev–Trinajstić information content (AvgIpc) is 3.23. The topological polar surface area (TPSA) is 49.7 Å². The van der Waals surface area contributed by atoms with Crippen molar-refractivity contribution in [3.05, 3.63) is 42.6 Å². The number of likely N-dealkylation sites (N-methyl/N-ethyl adjacent to an activating group) is 1. The number of piperidine rings is 1. The summed E-state index contributed by atoms with van der Waals surface area (Å²) in [7, 11) is 0. The summed E-state index contributed by atoms with van der Waals surface area (Å²) in [5.41, 5.74) is 2.22. The van der Waals surface area contributed by atoms with Crippen LogP contribution < -0.4 is 0 Å². The number of benzene rings is 1. The Bertz CT molecular complexity index is 772. The molecule has 0 amide bonds. The number of hydrogen-bond acceptors (Lipinski definition) is 3. The molecule has 1 atom stereocenters. The molecule has 0 bridgehead atoms. The maximum atomic E-state index is 4.66. The molecule has 3 heterocycles. The van der Waals surface area contributed by atoms with Crippen LogP contribution in [0.4, 0.5) is 0 Å². The molecule has 0 saturated carbocycles. The Kier molecular flexibility index (Phi) is 3.42. The number of nitrogens with zero attached hydrogens (tertiary/aromatic N) is 4. The Morgan fingerprint density at radius 2 is 2.32 bits per heavy atom. The van der Waals surface area contributed by atoms with Gasteiger partial charge >= 0.3 is 0 Å². The summed E-state index contributed by atoms with van der Waals surface area (Å²) >= 11 is 0. The lowest BCUT2D eigenvalue weighted by atomic mass is 9.97. The van der Waals surface area contributed by atoms with Gasteiger partial charge in [0.2, 0.25) is 0 Å². The van der Waals surface area contributed by atoms with Crippen molar-refractivity contribution in [1.82, 2.24) is 24.6 Å². The van der Waals surface area contributed by atoms with Gasteiger partial charge in [-0.15, -0.1) is 0 Å². The number of nitrogens with one attached hydrogen (secondary N) is 1. The van der Waals surface area contributed by atoms with Crippen molar-refractivity contribution in [3.63, 3.8) is 0 Å². The van der Waals surface area contributed by atoms with E-state index in [-0.39, 0.29) is 0 Å². The second-order valence-electron chi connectivity index (χ2n) is 6.03. The number of fused-ring (bicyclic) bond motifs is 1. The minimum Gasteiger partial charge on any atom is -0.303 e. The van der Waals surface area contributed by atoms with Gasteiger partial charge in [0.05, 0.1) is 11.7 Å². The van der Waals surface area contributed by atoms with Gasteiger partial charge in [-0.2, -0.15) is 5.10 Å². The first-order chi connectivity index (χ1) is 10.8. The summed E-state index contributed by atoms with van der Waals surface area (Å²) in [4.78, 5) is 7.18. The van der Waals surface area contributed by atoms with Gasteiger partial charge in [0, 0.05) is 35.9 Å². The molecule has 1 aromatic carbocycles. The van der Waals surface area contributed by atoms with Crippen molar-refractivity contribution >= 4 is 10.9 Å². The molecule has 22 heavy (non-hydrogen) atoms. The Morgan fingerprint density at radius 3 is 3.23 bits per heavy atom. The minimum absolute atomic E-state index is 0.515. The lowest BCUT2D eigenvalue weighted by molar-refractivity contribution is 0.213. The second kappa shape index (κ2) is 5.57. The third-order valence-corrected chi connectivity index (χ3v) is 4.69. The van der Waals surface area contributed by atoms with Crippen molar-refractivity contribution in [2.24, 2.45) is 0 Å². The van der Waals surface area contributed by atoms with Crippen LogP contribution in [0, 0.1) is 0 Å². The second-order valence-corrected chi connectivity index (χ2v) is 6.03. The summed E-state index contributed by atoms with van der Waals surface area (Å²) in [5.74, 6) is 1.69. The quantitative estimate of drug-likeness (QED) is 0.808. The molecular formula is C17H21N5. The van der Waals surface area contributed by atoms with Crippen molar-refractivity contribution in [3.8, 4) is 5.69 Å². The van der Waals surface area contributed by atoms with Gasteiger partial charge in [-0.05, 0) is 44.1 Å². The molecule has 0 radical (unpaired) electrons. The molecule has 1 saturated heterocycles. The fourth-order valence-electron chi connectivity index (χ4n) is 3.46. The number of aromatic amines is 1. The van der Waals surface area contributed by atoms with Gasteiger partial charge in [0.25, 0.3) is 0 Å². The summed E-state index contributed by atoms with van der Waals surface area (Å²) in [6.07, 6.45) is 8.31. The van der Waals surface area contributed by atoms with Crippen molar-refractivity contribution in [2.45, 2.75) is 25.7 Å². The Balaban J connectivity index is 1.69. The maximum Gasteiger partial charge on any atom is 0.117 e. The average molecular weight is 295 g/mol. The van der Waals surface area contributed by atoms with Crippen LogP contribution >= 0.6 is 0 Å². The molecule has 1 N–H and O–H groups in total. The minimum atomic E-state index is 0.515. The lowest BCUT2D eigenvalue weighted by Gasteiger charge is -2.31. The van der Waals surface area contributed by atoms with Crippen LogP contribution in [-0.4, -0.2) is 44.3 Å². The number of likely N-dealkylation sites (tertiary alicyclic amines) is 1. The van der Waals surface area contributed by atoms with Crippen molar-refractivity contribution in [1.29, 1.82) is 0 Å². The van der Waals surface area contributed by atoms with Crippen LogP contribution in [0.15, 0.2) is 36.8 Å². The lowest BCUT2D eigenvalue weighted by Crippen LogP contribution is -2.35. The van der Waals surface area contributed by atoms with Crippen LogP contribution in [-0.2, 0) is 0 Å². The third kappa shape index (κ3) is 2.31. The predicted molar refractivity (Wildman–Crippen MR) is 87.3 cm³/mol. The molecular weight excluding hydrogens is 274 g/mol. The van der Waals surface area contributed by atoms with Gasteiger partial charge in [-0.25, -0.2) is 4.98 Å². The van der Waals surface area contributed by atoms with E-state index in [1.807, 2.05) is 12.4 Å². The van der Waals surface area contributed by atoms with Crippen molar-refractivity contribution < 1.29 is 0 Å². The van der Waals surface area contributed by atoms with E-state index in [9.17, 15) is 0 Å². The van der Waals surface area contributed by atoms with Gasteiger partial charge in [-0.3, -0.25) is 5.10 Å². The maximum absolute atomic E-state index is 4.66. The van der Waals surface area contributed by atoms with E-state index in [0.717, 1.165) is 29.7 Å². The van der Waals surface area contributed by atoms with Gasteiger partial charge in [-0.1, -0.05) is 6.92 Å². The molecule has 5 nitrogen and oxygen atoms in total. The number of rotatable bonds is 3. The highest BCUT2D eigenvalue weighted by Crippen LogP contribution is 2.28. The van der Waals surface area contributed by atoms with E-state index in [2.05, 4.69) is 56.0 Å². The van der Waals surface area contributed by atoms with Crippen molar-refractivity contribution in [2.75, 3.05) is 19.6 Å². The SMILES string of the molecule is CCN1CCCC(c2nccn2-c2ccc3cn[nH]c3c2)C1. The number of H-pyrrole nitrogens is 1. The fraction of sp³-hybridized carbons (Fsp3) is 0.412.